The number of ether oxygens (including phenoxy) is 1. The summed E-state index contributed by atoms with van der Waals surface area (Å²) in [6.45, 7) is 22.4. The van der Waals surface area contributed by atoms with Crippen LogP contribution in [0, 0.1) is 13.8 Å². The summed E-state index contributed by atoms with van der Waals surface area (Å²) in [4.78, 5) is 12.3. The van der Waals surface area contributed by atoms with Gasteiger partial charge >= 0.3 is 5.97 Å². The van der Waals surface area contributed by atoms with E-state index in [-0.39, 0.29) is 16.7 Å². The van der Waals surface area contributed by atoms with Crippen molar-refractivity contribution in [2.24, 2.45) is 0 Å². The molecule has 0 fully saturated rings. The maximum atomic E-state index is 12.3. The number of hydrogen-bond donors (Lipinski definition) is 1. The van der Waals surface area contributed by atoms with E-state index in [4.69, 9.17) is 4.74 Å². The highest BCUT2D eigenvalue weighted by Gasteiger charge is 2.30. The van der Waals surface area contributed by atoms with Crippen LogP contribution in [0.25, 0.3) is 0 Å². The number of hydrogen-bond acceptors (Lipinski definition) is 3. The van der Waals surface area contributed by atoms with Crippen molar-refractivity contribution < 1.29 is 14.6 Å². The van der Waals surface area contributed by atoms with Crippen LogP contribution in [0.3, 0.4) is 0 Å². The monoisotopic (exact) mass is 422 g/mol. The molecule has 2 aromatic rings. The van der Waals surface area contributed by atoms with E-state index in [1.54, 1.807) is 0 Å². The summed E-state index contributed by atoms with van der Waals surface area (Å²) in [5.74, 6) is 0.307. The van der Waals surface area contributed by atoms with Gasteiger partial charge in [0.25, 0.3) is 0 Å². The quantitative estimate of drug-likeness (QED) is 0.314. The summed E-state index contributed by atoms with van der Waals surface area (Å²) in [7, 11) is 0. The SMILES string of the molecule is C=CC(=O)Oc1c(C(CC)c2cc(C)cc(C(C)(C)C)c2O)cc(C)cc1C(C)(C)C. The van der Waals surface area contributed by atoms with Gasteiger partial charge in [-0.05, 0) is 36.7 Å². The molecule has 3 heteroatoms. The van der Waals surface area contributed by atoms with Gasteiger partial charge in [0, 0.05) is 28.7 Å². The molecule has 0 heterocycles. The van der Waals surface area contributed by atoms with Crippen LogP contribution < -0.4 is 4.74 Å². The van der Waals surface area contributed by atoms with E-state index in [9.17, 15) is 9.90 Å². The number of aryl methyl sites for hydroxylation is 2. The average Bonchev–Trinajstić information content (AvgIpc) is 2.64. The second kappa shape index (κ2) is 8.90. The highest BCUT2D eigenvalue weighted by atomic mass is 16.5. The molecule has 0 aromatic heterocycles. The van der Waals surface area contributed by atoms with Gasteiger partial charge in [-0.2, -0.15) is 0 Å². The summed E-state index contributed by atoms with van der Waals surface area (Å²) in [5, 5.41) is 11.3. The van der Waals surface area contributed by atoms with Crippen LogP contribution in [0.5, 0.6) is 11.5 Å². The van der Waals surface area contributed by atoms with E-state index >= 15 is 0 Å². The lowest BCUT2D eigenvalue weighted by Gasteiger charge is -2.29. The van der Waals surface area contributed by atoms with Crippen LogP contribution >= 0.6 is 0 Å². The minimum Gasteiger partial charge on any atom is -0.507 e. The van der Waals surface area contributed by atoms with Crippen molar-refractivity contribution in [3.05, 3.63) is 70.3 Å². The molecular formula is C28H38O3. The fourth-order valence-corrected chi connectivity index (χ4v) is 4.12. The molecule has 0 radical (unpaired) electrons. The first-order valence-corrected chi connectivity index (χ1v) is 11.0. The van der Waals surface area contributed by atoms with Crippen LogP contribution in [0.15, 0.2) is 36.9 Å². The van der Waals surface area contributed by atoms with Crippen LogP contribution in [-0.2, 0) is 15.6 Å². The average molecular weight is 423 g/mol. The Morgan fingerprint density at radius 2 is 1.45 bits per heavy atom. The largest absolute Gasteiger partial charge is 0.507 e. The first-order chi connectivity index (χ1) is 14.2. The molecule has 0 amide bonds. The number of carbonyl (C=O) groups is 1. The highest BCUT2D eigenvalue weighted by molar-refractivity contribution is 5.84. The molecule has 0 aliphatic rings. The molecule has 1 unspecified atom stereocenters. The van der Waals surface area contributed by atoms with Gasteiger partial charge in [0.05, 0.1) is 0 Å². The van der Waals surface area contributed by atoms with Crippen LogP contribution in [0.1, 0.15) is 94.2 Å². The van der Waals surface area contributed by atoms with Gasteiger partial charge < -0.3 is 9.84 Å². The number of carbonyl (C=O) groups excluding carboxylic acids is 1. The minimum atomic E-state index is -0.477. The fourth-order valence-electron chi connectivity index (χ4n) is 4.12. The van der Waals surface area contributed by atoms with E-state index < -0.39 is 5.97 Å². The zero-order valence-corrected chi connectivity index (χ0v) is 20.6. The zero-order chi connectivity index (χ0) is 23.7. The summed E-state index contributed by atoms with van der Waals surface area (Å²) < 4.78 is 5.84. The Hall–Kier alpha value is -2.55. The van der Waals surface area contributed by atoms with Gasteiger partial charge in [0.15, 0.2) is 0 Å². The first-order valence-electron chi connectivity index (χ1n) is 11.0. The smallest absolute Gasteiger partial charge is 0.335 e. The molecule has 2 rings (SSSR count). The lowest BCUT2D eigenvalue weighted by molar-refractivity contribution is -0.129. The summed E-state index contributed by atoms with van der Waals surface area (Å²) >= 11 is 0. The van der Waals surface area contributed by atoms with Crippen LogP contribution in [0.2, 0.25) is 0 Å². The molecule has 0 saturated heterocycles. The van der Waals surface area contributed by atoms with Gasteiger partial charge in [-0.3, -0.25) is 0 Å². The van der Waals surface area contributed by atoms with E-state index in [1.165, 1.54) is 6.08 Å². The predicted molar refractivity (Wildman–Crippen MR) is 129 cm³/mol. The van der Waals surface area contributed by atoms with E-state index in [0.29, 0.717) is 11.5 Å². The summed E-state index contributed by atoms with van der Waals surface area (Å²) in [5.41, 5.74) is 5.47. The molecule has 31 heavy (non-hydrogen) atoms. The molecule has 2 aromatic carbocycles. The van der Waals surface area contributed by atoms with Gasteiger partial charge in [-0.25, -0.2) is 4.79 Å². The Labute approximate surface area is 188 Å². The number of rotatable bonds is 5. The third-order valence-corrected chi connectivity index (χ3v) is 5.69. The van der Waals surface area contributed by atoms with Gasteiger partial charge in [-0.15, -0.1) is 0 Å². The van der Waals surface area contributed by atoms with Crippen molar-refractivity contribution in [1.29, 1.82) is 0 Å². The number of benzene rings is 2. The Kier molecular flexibility index (Phi) is 7.10. The molecule has 168 valence electrons. The van der Waals surface area contributed by atoms with Crippen LogP contribution in [0.4, 0.5) is 0 Å². The fraction of sp³-hybridized carbons (Fsp3) is 0.464. The zero-order valence-electron chi connectivity index (χ0n) is 20.6. The van der Waals surface area contributed by atoms with Crippen molar-refractivity contribution in [2.45, 2.75) is 85.5 Å². The summed E-state index contributed by atoms with van der Waals surface area (Å²) in [6.07, 6.45) is 1.95. The number of phenolic OH excluding ortho intramolecular Hbond substituents is 1. The maximum Gasteiger partial charge on any atom is 0.335 e. The molecular weight excluding hydrogens is 384 g/mol. The molecule has 1 atom stereocenters. The van der Waals surface area contributed by atoms with Crippen molar-refractivity contribution in [1.82, 2.24) is 0 Å². The minimum absolute atomic E-state index is 0.116. The number of esters is 1. The number of phenols is 1. The lowest BCUT2D eigenvalue weighted by Crippen LogP contribution is -2.19. The van der Waals surface area contributed by atoms with E-state index in [0.717, 1.165) is 39.8 Å². The van der Waals surface area contributed by atoms with Gasteiger partial charge in [0.1, 0.15) is 11.5 Å². The highest BCUT2D eigenvalue weighted by Crippen LogP contribution is 2.46. The Balaban J connectivity index is 2.88. The second-order valence-electron chi connectivity index (χ2n) is 10.6. The van der Waals surface area contributed by atoms with Crippen molar-refractivity contribution in [3.63, 3.8) is 0 Å². The van der Waals surface area contributed by atoms with Gasteiger partial charge in [0.2, 0.25) is 0 Å². The normalized spacial score (nSPS) is 13.1. The molecule has 0 spiro atoms. The van der Waals surface area contributed by atoms with Crippen molar-refractivity contribution >= 4 is 5.97 Å². The Morgan fingerprint density at radius 3 is 1.90 bits per heavy atom. The molecule has 0 saturated carbocycles. The van der Waals surface area contributed by atoms with Crippen molar-refractivity contribution in [2.75, 3.05) is 0 Å². The van der Waals surface area contributed by atoms with E-state index in [2.05, 4.69) is 93.2 Å². The van der Waals surface area contributed by atoms with Crippen LogP contribution in [-0.4, -0.2) is 11.1 Å². The predicted octanol–water partition coefficient (Wildman–Crippen LogP) is 7.24. The molecule has 0 aliphatic heterocycles. The molecule has 0 aliphatic carbocycles. The Bertz CT molecular complexity index is 985. The van der Waals surface area contributed by atoms with Gasteiger partial charge in [-0.1, -0.05) is 90.4 Å². The second-order valence-corrected chi connectivity index (χ2v) is 10.6. The third-order valence-electron chi connectivity index (χ3n) is 5.69. The number of aromatic hydroxyl groups is 1. The molecule has 0 bridgehead atoms. The third kappa shape index (κ3) is 5.39. The van der Waals surface area contributed by atoms with E-state index in [1.807, 2.05) is 0 Å². The standard InChI is InChI=1S/C28H38O3/c1-11-19(20-13-17(3)15-22(25(20)30)27(5,6)7)21-14-18(4)16-23(28(8,9)10)26(21)31-24(29)12-2/h12-16,19,30H,2,11H2,1,3-10H3. The van der Waals surface area contributed by atoms with Crippen molar-refractivity contribution in [3.8, 4) is 11.5 Å². The first kappa shape index (κ1) is 24.7. The lowest BCUT2D eigenvalue weighted by atomic mass is 9.77. The topological polar surface area (TPSA) is 46.5 Å². The Morgan fingerprint density at radius 1 is 0.968 bits per heavy atom. The maximum absolute atomic E-state index is 12.3. The summed E-state index contributed by atoms with van der Waals surface area (Å²) in [6, 6.07) is 8.27. The molecule has 1 N–H and O–H groups in total. The molecule has 3 nitrogen and oxygen atoms in total.